The van der Waals surface area contributed by atoms with Gasteiger partial charge in [0.1, 0.15) is 11.3 Å². The highest BCUT2D eigenvalue weighted by molar-refractivity contribution is 6.01. The van der Waals surface area contributed by atoms with E-state index in [2.05, 4.69) is 27.4 Å². The third-order valence-corrected chi connectivity index (χ3v) is 6.40. The van der Waals surface area contributed by atoms with E-state index in [1.807, 2.05) is 30.0 Å². The number of aryl methyl sites for hydroxylation is 1. The van der Waals surface area contributed by atoms with Crippen LogP contribution in [0, 0.1) is 18.7 Å². The molecular weight excluding hydrogens is 421 g/mol. The van der Waals surface area contributed by atoms with Crippen molar-refractivity contribution in [3.63, 3.8) is 0 Å². The molecule has 1 aliphatic rings. The van der Waals surface area contributed by atoms with Crippen LogP contribution in [0.25, 0.3) is 22.2 Å². The number of piperidine rings is 1. The van der Waals surface area contributed by atoms with Crippen molar-refractivity contribution in [1.29, 1.82) is 0 Å². The van der Waals surface area contributed by atoms with Gasteiger partial charge in [-0.05, 0) is 49.4 Å². The Labute approximate surface area is 191 Å². The maximum Gasteiger partial charge on any atom is 0.295 e. The highest BCUT2D eigenvalue weighted by atomic mass is 19.1. The normalized spacial score (nSPS) is 18.6. The van der Waals surface area contributed by atoms with Crippen LogP contribution in [-0.2, 0) is 0 Å². The molecule has 4 aromatic rings. The summed E-state index contributed by atoms with van der Waals surface area (Å²) >= 11 is 0. The van der Waals surface area contributed by atoms with Gasteiger partial charge in [-0.1, -0.05) is 24.6 Å². The number of amides is 1. The summed E-state index contributed by atoms with van der Waals surface area (Å²) in [6.07, 6.45) is 5.53. The SMILES string of the molecule is Cc1ccc(-c2cn[nH]c2)c(C(=O)N2CCC[C@@H](C)[C@H]2CNc2nc3cc(F)ccc3o2)c1. The van der Waals surface area contributed by atoms with Gasteiger partial charge in [-0.15, -0.1) is 0 Å². The highest BCUT2D eigenvalue weighted by Gasteiger charge is 2.33. The molecule has 2 N–H and O–H groups in total. The smallest absolute Gasteiger partial charge is 0.295 e. The molecule has 2 atom stereocenters. The van der Waals surface area contributed by atoms with Crippen molar-refractivity contribution in [2.24, 2.45) is 5.92 Å². The van der Waals surface area contributed by atoms with Gasteiger partial charge in [0.25, 0.3) is 11.9 Å². The molecular formula is C25H26FN5O2. The zero-order chi connectivity index (χ0) is 22.9. The summed E-state index contributed by atoms with van der Waals surface area (Å²) in [6.45, 7) is 5.34. The van der Waals surface area contributed by atoms with Crippen LogP contribution in [0.4, 0.5) is 10.4 Å². The zero-order valence-electron chi connectivity index (χ0n) is 18.6. The summed E-state index contributed by atoms with van der Waals surface area (Å²) in [5.41, 5.74) is 4.44. The topological polar surface area (TPSA) is 87.0 Å². The number of anilines is 1. The molecule has 0 radical (unpaired) electrons. The van der Waals surface area contributed by atoms with Gasteiger partial charge in [-0.3, -0.25) is 9.89 Å². The van der Waals surface area contributed by atoms with Gasteiger partial charge in [0, 0.05) is 36.5 Å². The standard InChI is InChI=1S/C25H26FN5O2/c1-15-5-7-19(17-12-28-29-13-17)20(10-15)24(32)31-9-3-4-16(2)22(31)14-27-25-30-21-11-18(26)6-8-23(21)33-25/h5-8,10-13,16,22H,3-4,9,14H2,1-2H3,(H,27,30)(H,28,29)/t16-,22-/m1/s1. The first-order valence-electron chi connectivity index (χ1n) is 11.2. The Balaban J connectivity index is 1.40. The van der Waals surface area contributed by atoms with Crippen molar-refractivity contribution in [3.8, 4) is 11.1 Å². The number of hydrogen-bond donors (Lipinski definition) is 2. The second kappa shape index (κ2) is 8.69. The summed E-state index contributed by atoms with van der Waals surface area (Å²) in [7, 11) is 0. The maximum atomic E-state index is 13.8. The number of halogens is 1. The number of aromatic nitrogens is 3. The molecule has 1 amide bonds. The van der Waals surface area contributed by atoms with Crippen LogP contribution in [0.1, 0.15) is 35.7 Å². The Kier molecular flexibility index (Phi) is 5.58. The van der Waals surface area contributed by atoms with Crippen LogP contribution in [0.5, 0.6) is 0 Å². The lowest BCUT2D eigenvalue weighted by molar-refractivity contribution is 0.0540. The van der Waals surface area contributed by atoms with Gasteiger partial charge in [0.2, 0.25) is 0 Å². The number of carbonyl (C=O) groups is 1. The van der Waals surface area contributed by atoms with Crippen LogP contribution < -0.4 is 5.32 Å². The molecule has 33 heavy (non-hydrogen) atoms. The average molecular weight is 448 g/mol. The summed E-state index contributed by atoms with van der Waals surface area (Å²) < 4.78 is 19.2. The lowest BCUT2D eigenvalue weighted by Crippen LogP contribution is -2.51. The van der Waals surface area contributed by atoms with Gasteiger partial charge < -0.3 is 14.6 Å². The number of H-pyrrole nitrogens is 1. The molecule has 5 rings (SSSR count). The number of benzene rings is 2. The van der Waals surface area contributed by atoms with E-state index in [1.165, 1.54) is 12.1 Å². The predicted octanol–water partition coefficient (Wildman–Crippen LogP) is 5.02. The third-order valence-electron chi connectivity index (χ3n) is 6.40. The monoisotopic (exact) mass is 447 g/mol. The predicted molar refractivity (Wildman–Crippen MR) is 124 cm³/mol. The van der Waals surface area contributed by atoms with Crippen LogP contribution in [0.3, 0.4) is 0 Å². The maximum absolute atomic E-state index is 13.8. The van der Waals surface area contributed by atoms with Gasteiger partial charge in [0.05, 0.1) is 12.2 Å². The van der Waals surface area contributed by atoms with Gasteiger partial charge in [-0.25, -0.2) is 4.39 Å². The summed E-state index contributed by atoms with van der Waals surface area (Å²) in [5.74, 6) is -0.0429. The third kappa shape index (κ3) is 4.20. The first-order valence-corrected chi connectivity index (χ1v) is 11.2. The zero-order valence-corrected chi connectivity index (χ0v) is 18.6. The van der Waals surface area contributed by atoms with Crippen molar-refractivity contribution < 1.29 is 13.6 Å². The molecule has 1 aliphatic heterocycles. The minimum atomic E-state index is -0.355. The molecule has 0 aliphatic carbocycles. The molecule has 8 heteroatoms. The molecule has 170 valence electrons. The Morgan fingerprint density at radius 3 is 3.00 bits per heavy atom. The Hall–Kier alpha value is -3.68. The van der Waals surface area contributed by atoms with E-state index in [0.29, 0.717) is 41.7 Å². The van der Waals surface area contributed by atoms with Gasteiger partial charge in [-0.2, -0.15) is 10.1 Å². The summed E-state index contributed by atoms with van der Waals surface area (Å²) in [5, 5.41) is 10.1. The molecule has 0 bridgehead atoms. The number of rotatable bonds is 5. The molecule has 0 unspecified atom stereocenters. The second-order valence-corrected chi connectivity index (χ2v) is 8.73. The van der Waals surface area contributed by atoms with Crippen LogP contribution in [0.2, 0.25) is 0 Å². The summed E-state index contributed by atoms with van der Waals surface area (Å²) in [4.78, 5) is 20.1. The molecule has 7 nitrogen and oxygen atoms in total. The van der Waals surface area contributed by atoms with Gasteiger partial charge >= 0.3 is 0 Å². The van der Waals surface area contributed by atoms with Crippen molar-refractivity contribution in [1.82, 2.24) is 20.1 Å². The molecule has 2 aromatic heterocycles. The van der Waals surface area contributed by atoms with Crippen molar-refractivity contribution in [2.75, 3.05) is 18.4 Å². The Bertz CT molecular complexity index is 1280. The highest BCUT2D eigenvalue weighted by Crippen LogP contribution is 2.30. The first-order chi connectivity index (χ1) is 16.0. The number of carbonyl (C=O) groups excluding carboxylic acids is 1. The largest absolute Gasteiger partial charge is 0.424 e. The molecule has 3 heterocycles. The lowest BCUT2D eigenvalue weighted by Gasteiger charge is -2.40. The van der Waals surface area contributed by atoms with Crippen molar-refractivity contribution >= 4 is 23.0 Å². The number of hydrogen-bond acceptors (Lipinski definition) is 5. The van der Waals surface area contributed by atoms with Crippen molar-refractivity contribution in [3.05, 3.63) is 65.7 Å². The lowest BCUT2D eigenvalue weighted by atomic mass is 9.89. The van der Waals surface area contributed by atoms with Crippen molar-refractivity contribution in [2.45, 2.75) is 32.7 Å². The molecule has 0 saturated carbocycles. The van der Waals surface area contributed by atoms with E-state index in [0.717, 1.165) is 29.5 Å². The number of aromatic amines is 1. The number of fused-ring (bicyclic) bond motifs is 1. The minimum Gasteiger partial charge on any atom is -0.424 e. The first kappa shape index (κ1) is 21.2. The molecule has 2 aromatic carbocycles. The second-order valence-electron chi connectivity index (χ2n) is 8.73. The van der Waals surface area contributed by atoms with E-state index in [-0.39, 0.29) is 17.8 Å². The fourth-order valence-electron chi connectivity index (χ4n) is 4.62. The number of oxazole rings is 1. The number of nitrogens with one attached hydrogen (secondary N) is 2. The van der Waals surface area contributed by atoms with Crippen LogP contribution in [-0.4, -0.2) is 45.1 Å². The minimum absolute atomic E-state index is 0.00730. The van der Waals surface area contributed by atoms with E-state index >= 15 is 0 Å². The molecule has 1 saturated heterocycles. The number of nitrogens with zero attached hydrogens (tertiary/aromatic N) is 3. The van der Waals surface area contributed by atoms with Crippen LogP contribution in [0.15, 0.2) is 53.2 Å². The van der Waals surface area contributed by atoms with E-state index in [1.54, 1.807) is 18.5 Å². The van der Waals surface area contributed by atoms with E-state index < -0.39 is 0 Å². The average Bonchev–Trinajstić information content (AvgIpc) is 3.47. The molecule has 0 spiro atoms. The summed E-state index contributed by atoms with van der Waals surface area (Å²) in [6, 6.07) is 10.5. The fraction of sp³-hybridized carbons (Fsp3) is 0.320. The fourth-order valence-corrected chi connectivity index (χ4v) is 4.62. The quantitative estimate of drug-likeness (QED) is 0.449. The van der Waals surface area contributed by atoms with Crippen LogP contribution >= 0.6 is 0 Å². The Morgan fingerprint density at radius 1 is 1.30 bits per heavy atom. The van der Waals surface area contributed by atoms with Gasteiger partial charge in [0.15, 0.2) is 5.58 Å². The molecule has 1 fully saturated rings. The number of likely N-dealkylation sites (tertiary alicyclic amines) is 1. The Morgan fingerprint density at radius 2 is 2.18 bits per heavy atom. The van der Waals surface area contributed by atoms with E-state index in [9.17, 15) is 9.18 Å². The van der Waals surface area contributed by atoms with E-state index in [4.69, 9.17) is 4.42 Å².